The molecule has 1 N–H and O–H groups in total. The van der Waals surface area contributed by atoms with Crippen molar-refractivity contribution in [3.8, 4) is 0 Å². The quantitative estimate of drug-likeness (QED) is 0.470. The Kier molecular flexibility index (Phi) is 1.61. The third-order valence-electron chi connectivity index (χ3n) is 1.50. The second-order valence-corrected chi connectivity index (χ2v) is 2.48. The first-order chi connectivity index (χ1) is 4.61. The molecule has 0 saturated carbocycles. The molecule has 10 heavy (non-hydrogen) atoms. The fraction of sp³-hybridized carbons (Fsp3) is 0.667. The molecule has 0 aromatic rings. The summed E-state index contributed by atoms with van der Waals surface area (Å²) in [7, 11) is 1.62. The lowest BCUT2D eigenvalue weighted by Crippen LogP contribution is -2.55. The van der Waals surface area contributed by atoms with Gasteiger partial charge in [-0.2, -0.15) is 0 Å². The summed E-state index contributed by atoms with van der Waals surface area (Å²) < 4.78 is 0. The van der Waals surface area contributed by atoms with Gasteiger partial charge in [-0.25, -0.2) is 0 Å². The molecule has 1 aliphatic rings. The van der Waals surface area contributed by atoms with Crippen LogP contribution in [0.2, 0.25) is 0 Å². The molecule has 0 spiro atoms. The van der Waals surface area contributed by atoms with Crippen LogP contribution in [0.4, 0.5) is 0 Å². The molecule has 1 saturated heterocycles. The average Bonchev–Trinajstić information content (AvgIpc) is 1.82. The topological polar surface area (TPSA) is 49.4 Å². The third-order valence-corrected chi connectivity index (χ3v) is 1.50. The Bertz CT molecular complexity index is 163. The monoisotopic (exact) mass is 142 g/mol. The van der Waals surface area contributed by atoms with Gasteiger partial charge in [-0.05, 0) is 6.92 Å². The maximum Gasteiger partial charge on any atom is 0.245 e. The van der Waals surface area contributed by atoms with E-state index in [0.717, 1.165) is 0 Å². The average molecular weight is 142 g/mol. The normalized spacial score (nSPS) is 26.6. The van der Waals surface area contributed by atoms with Crippen LogP contribution >= 0.6 is 0 Å². The Morgan fingerprint density at radius 1 is 1.60 bits per heavy atom. The van der Waals surface area contributed by atoms with Gasteiger partial charge in [0.15, 0.2) is 0 Å². The minimum Gasteiger partial charge on any atom is -0.343 e. The molecule has 1 rings (SSSR count). The van der Waals surface area contributed by atoms with Crippen LogP contribution < -0.4 is 5.32 Å². The highest BCUT2D eigenvalue weighted by Crippen LogP contribution is 1.97. The van der Waals surface area contributed by atoms with Gasteiger partial charge >= 0.3 is 0 Å². The second kappa shape index (κ2) is 2.28. The smallest absolute Gasteiger partial charge is 0.245 e. The zero-order valence-corrected chi connectivity index (χ0v) is 6.05. The summed E-state index contributed by atoms with van der Waals surface area (Å²) in [6, 6.07) is -0.355. The van der Waals surface area contributed by atoms with E-state index in [9.17, 15) is 9.59 Å². The molecule has 1 atom stereocenters. The van der Waals surface area contributed by atoms with Crippen molar-refractivity contribution in [1.82, 2.24) is 10.2 Å². The predicted octanol–water partition coefficient (Wildman–Crippen LogP) is -1.04. The van der Waals surface area contributed by atoms with E-state index in [-0.39, 0.29) is 24.4 Å². The molecule has 4 nitrogen and oxygen atoms in total. The van der Waals surface area contributed by atoms with Gasteiger partial charge in [-0.15, -0.1) is 0 Å². The van der Waals surface area contributed by atoms with Crippen LogP contribution in [0.15, 0.2) is 0 Å². The lowest BCUT2D eigenvalue weighted by Gasteiger charge is -2.27. The molecule has 0 aromatic heterocycles. The highest BCUT2D eigenvalue weighted by atomic mass is 16.2. The molecule has 2 amide bonds. The number of carbonyl (C=O) groups is 2. The fourth-order valence-electron chi connectivity index (χ4n) is 0.973. The molecule has 0 unspecified atom stereocenters. The summed E-state index contributed by atoms with van der Waals surface area (Å²) in [4.78, 5) is 23.1. The zero-order chi connectivity index (χ0) is 7.72. The largest absolute Gasteiger partial charge is 0.343 e. The van der Waals surface area contributed by atoms with Crippen molar-refractivity contribution < 1.29 is 9.59 Å². The highest BCUT2D eigenvalue weighted by Gasteiger charge is 2.25. The van der Waals surface area contributed by atoms with Crippen molar-refractivity contribution in [2.24, 2.45) is 0 Å². The van der Waals surface area contributed by atoms with Gasteiger partial charge in [-0.3, -0.25) is 9.59 Å². The first-order valence-corrected chi connectivity index (χ1v) is 3.15. The van der Waals surface area contributed by atoms with E-state index in [1.54, 1.807) is 14.0 Å². The molecule has 1 aliphatic heterocycles. The van der Waals surface area contributed by atoms with Crippen LogP contribution in [0.5, 0.6) is 0 Å². The number of likely N-dealkylation sites (N-methyl/N-ethyl adjacent to an activating group) is 1. The van der Waals surface area contributed by atoms with Crippen LogP contribution in [-0.4, -0.2) is 36.3 Å². The molecule has 56 valence electrons. The number of hydrogen-bond donors (Lipinski definition) is 1. The maximum absolute atomic E-state index is 11.0. The molecule has 0 aliphatic carbocycles. The SMILES string of the molecule is C[C@H]1NC(=O)CN(C)C1=O. The van der Waals surface area contributed by atoms with E-state index in [4.69, 9.17) is 0 Å². The third kappa shape index (κ3) is 1.10. The van der Waals surface area contributed by atoms with Gasteiger partial charge in [0.05, 0.1) is 6.54 Å². The van der Waals surface area contributed by atoms with E-state index in [2.05, 4.69) is 5.32 Å². The van der Waals surface area contributed by atoms with E-state index >= 15 is 0 Å². The van der Waals surface area contributed by atoms with Crippen LogP contribution in [0, 0.1) is 0 Å². The number of carbonyl (C=O) groups excluding carboxylic acids is 2. The van der Waals surface area contributed by atoms with E-state index in [1.807, 2.05) is 0 Å². The van der Waals surface area contributed by atoms with Crippen molar-refractivity contribution >= 4 is 11.8 Å². The maximum atomic E-state index is 11.0. The Morgan fingerprint density at radius 2 is 2.20 bits per heavy atom. The Hall–Kier alpha value is -1.06. The zero-order valence-electron chi connectivity index (χ0n) is 6.05. The number of nitrogens with zero attached hydrogens (tertiary/aromatic N) is 1. The van der Waals surface area contributed by atoms with Gasteiger partial charge in [0.2, 0.25) is 11.8 Å². The number of hydrogen-bond acceptors (Lipinski definition) is 2. The van der Waals surface area contributed by atoms with E-state index in [1.165, 1.54) is 4.90 Å². The number of nitrogens with one attached hydrogen (secondary N) is 1. The lowest BCUT2D eigenvalue weighted by atomic mass is 10.2. The number of piperazine rings is 1. The van der Waals surface area contributed by atoms with Gasteiger partial charge in [0.1, 0.15) is 6.04 Å². The predicted molar refractivity (Wildman–Crippen MR) is 35.2 cm³/mol. The molecule has 1 fully saturated rings. The minimum atomic E-state index is -0.355. The minimum absolute atomic E-state index is 0.0281. The Morgan fingerprint density at radius 3 is 2.70 bits per heavy atom. The molecule has 0 aromatic carbocycles. The van der Waals surface area contributed by atoms with E-state index in [0.29, 0.717) is 0 Å². The Balaban J connectivity index is 2.66. The Labute approximate surface area is 59.2 Å². The van der Waals surface area contributed by atoms with Crippen molar-refractivity contribution in [1.29, 1.82) is 0 Å². The van der Waals surface area contributed by atoms with Crippen LogP contribution in [-0.2, 0) is 9.59 Å². The van der Waals surface area contributed by atoms with Crippen LogP contribution in [0.1, 0.15) is 6.92 Å². The molecule has 0 bridgehead atoms. The second-order valence-electron chi connectivity index (χ2n) is 2.48. The standard InChI is InChI=1S/C6H10N2O2/c1-4-6(10)8(2)3-5(9)7-4/h4H,3H2,1-2H3,(H,7,9)/t4-/m1/s1. The summed E-state index contributed by atoms with van der Waals surface area (Å²) >= 11 is 0. The van der Waals surface area contributed by atoms with Gasteiger partial charge < -0.3 is 10.2 Å². The summed E-state index contributed by atoms with van der Waals surface area (Å²) in [5.41, 5.74) is 0. The molecule has 4 heteroatoms. The molecule has 0 radical (unpaired) electrons. The highest BCUT2D eigenvalue weighted by molar-refractivity contribution is 5.94. The van der Waals surface area contributed by atoms with Gasteiger partial charge in [0, 0.05) is 7.05 Å². The fourth-order valence-corrected chi connectivity index (χ4v) is 0.973. The number of amides is 2. The summed E-state index contributed by atoms with van der Waals surface area (Å²) in [6.07, 6.45) is 0. The van der Waals surface area contributed by atoms with Crippen molar-refractivity contribution in [3.63, 3.8) is 0 Å². The van der Waals surface area contributed by atoms with Crippen molar-refractivity contribution in [2.45, 2.75) is 13.0 Å². The summed E-state index contributed by atoms with van der Waals surface area (Å²) in [5.74, 6) is -0.116. The van der Waals surface area contributed by atoms with Crippen molar-refractivity contribution in [2.75, 3.05) is 13.6 Å². The molecule has 1 heterocycles. The summed E-state index contributed by atoms with van der Waals surface area (Å²) in [6.45, 7) is 1.86. The summed E-state index contributed by atoms with van der Waals surface area (Å²) in [5, 5.41) is 2.53. The molecular weight excluding hydrogens is 132 g/mol. The first-order valence-electron chi connectivity index (χ1n) is 3.15. The van der Waals surface area contributed by atoms with Gasteiger partial charge in [-0.1, -0.05) is 0 Å². The van der Waals surface area contributed by atoms with E-state index < -0.39 is 0 Å². The van der Waals surface area contributed by atoms with Gasteiger partial charge in [0.25, 0.3) is 0 Å². The van der Waals surface area contributed by atoms with Crippen LogP contribution in [0.25, 0.3) is 0 Å². The first kappa shape index (κ1) is 7.05. The van der Waals surface area contributed by atoms with Crippen molar-refractivity contribution in [3.05, 3.63) is 0 Å². The lowest BCUT2D eigenvalue weighted by molar-refractivity contribution is -0.142. The number of rotatable bonds is 0. The van der Waals surface area contributed by atoms with Crippen LogP contribution in [0.3, 0.4) is 0 Å². The molecular formula is C6H10N2O2.